The zero-order valence-corrected chi connectivity index (χ0v) is 13.1. The van der Waals surface area contributed by atoms with Crippen LogP contribution in [0, 0.1) is 6.92 Å². The molecule has 0 aliphatic rings. The summed E-state index contributed by atoms with van der Waals surface area (Å²) in [5.74, 6) is -0.799. The van der Waals surface area contributed by atoms with E-state index in [1.807, 2.05) is 6.92 Å². The fraction of sp³-hybridized carbons (Fsp3) is 0.231. The molecular formula is C13H14N4O2S2. The van der Waals surface area contributed by atoms with Crippen LogP contribution in [0.25, 0.3) is 0 Å². The Morgan fingerprint density at radius 1 is 1.33 bits per heavy atom. The molecule has 110 valence electrons. The number of carbonyl (C=O) groups excluding carboxylic acids is 2. The molecule has 0 saturated heterocycles. The van der Waals surface area contributed by atoms with Gasteiger partial charge in [0.25, 0.3) is 5.91 Å². The number of aromatic nitrogens is 2. The lowest BCUT2D eigenvalue weighted by molar-refractivity contribution is -0.115. The van der Waals surface area contributed by atoms with E-state index in [0.29, 0.717) is 5.69 Å². The average molecular weight is 322 g/mol. The molecule has 1 atom stereocenters. The predicted octanol–water partition coefficient (Wildman–Crippen LogP) is 2.06. The van der Waals surface area contributed by atoms with Crippen molar-refractivity contribution in [3.05, 3.63) is 34.8 Å². The highest BCUT2D eigenvalue weighted by Gasteiger charge is 2.18. The number of nitrogens with one attached hydrogen (secondary N) is 1. The summed E-state index contributed by atoms with van der Waals surface area (Å²) in [6, 6.07) is 6.64. The highest BCUT2D eigenvalue weighted by Crippen LogP contribution is 2.27. The standard InChI is InChI=1S/C13H14N4O2S2/c1-7(20-13-17-16-8(2)21-13)12(19)15-10-6-4-3-5-9(10)11(14)18/h3-7H,1-2H3,(H2,14,18)(H,15,19). The molecular weight excluding hydrogens is 308 g/mol. The largest absolute Gasteiger partial charge is 0.366 e. The Labute approximate surface area is 130 Å². The Morgan fingerprint density at radius 3 is 2.67 bits per heavy atom. The molecule has 3 N–H and O–H groups in total. The molecule has 0 spiro atoms. The normalized spacial score (nSPS) is 11.9. The molecule has 6 nitrogen and oxygen atoms in total. The Bertz CT molecular complexity index is 672. The fourth-order valence-corrected chi connectivity index (χ4v) is 3.53. The van der Waals surface area contributed by atoms with Gasteiger partial charge in [-0.1, -0.05) is 35.2 Å². The predicted molar refractivity (Wildman–Crippen MR) is 83.6 cm³/mol. The Kier molecular flexibility index (Phi) is 4.92. The monoisotopic (exact) mass is 322 g/mol. The summed E-state index contributed by atoms with van der Waals surface area (Å²) in [7, 11) is 0. The molecule has 0 radical (unpaired) electrons. The summed E-state index contributed by atoms with van der Waals surface area (Å²) in [5.41, 5.74) is 5.98. The van der Waals surface area contributed by atoms with Crippen LogP contribution in [0.5, 0.6) is 0 Å². The van der Waals surface area contributed by atoms with Crippen LogP contribution in [0.2, 0.25) is 0 Å². The van der Waals surface area contributed by atoms with E-state index in [0.717, 1.165) is 9.35 Å². The summed E-state index contributed by atoms with van der Waals surface area (Å²) in [6.45, 7) is 3.62. The number of rotatable bonds is 5. The minimum Gasteiger partial charge on any atom is -0.366 e. The molecule has 0 aliphatic heterocycles. The summed E-state index contributed by atoms with van der Waals surface area (Å²) in [6.07, 6.45) is 0. The maximum absolute atomic E-state index is 12.2. The number of carbonyl (C=O) groups is 2. The smallest absolute Gasteiger partial charge is 0.250 e. The van der Waals surface area contributed by atoms with Crippen molar-refractivity contribution < 1.29 is 9.59 Å². The average Bonchev–Trinajstić information content (AvgIpc) is 2.84. The maximum atomic E-state index is 12.2. The third-order valence-electron chi connectivity index (χ3n) is 2.60. The van der Waals surface area contributed by atoms with Gasteiger partial charge >= 0.3 is 0 Å². The first kappa shape index (κ1) is 15.5. The van der Waals surface area contributed by atoms with Crippen molar-refractivity contribution in [1.29, 1.82) is 0 Å². The lowest BCUT2D eigenvalue weighted by atomic mass is 10.1. The van der Waals surface area contributed by atoms with Gasteiger partial charge in [-0.2, -0.15) is 0 Å². The van der Waals surface area contributed by atoms with Crippen LogP contribution in [0.1, 0.15) is 22.3 Å². The van der Waals surface area contributed by atoms with Gasteiger partial charge in [0.2, 0.25) is 5.91 Å². The molecule has 0 saturated carbocycles. The number of hydrogen-bond donors (Lipinski definition) is 2. The second-order valence-electron chi connectivity index (χ2n) is 4.25. The third kappa shape index (κ3) is 4.02. The van der Waals surface area contributed by atoms with E-state index in [9.17, 15) is 9.59 Å². The molecule has 1 aromatic carbocycles. The Morgan fingerprint density at radius 2 is 2.05 bits per heavy atom. The minimum absolute atomic E-state index is 0.221. The number of aryl methyl sites for hydroxylation is 1. The molecule has 0 bridgehead atoms. The quantitative estimate of drug-likeness (QED) is 0.821. The molecule has 0 fully saturated rings. The summed E-state index contributed by atoms with van der Waals surface area (Å²) in [5, 5.41) is 11.1. The van der Waals surface area contributed by atoms with Crippen LogP contribution in [-0.4, -0.2) is 27.3 Å². The van der Waals surface area contributed by atoms with Crippen molar-refractivity contribution in [2.45, 2.75) is 23.4 Å². The van der Waals surface area contributed by atoms with Gasteiger partial charge in [-0.05, 0) is 26.0 Å². The lowest BCUT2D eigenvalue weighted by Crippen LogP contribution is -2.24. The van der Waals surface area contributed by atoms with E-state index < -0.39 is 5.91 Å². The molecule has 1 aromatic heterocycles. The molecule has 2 rings (SSSR count). The molecule has 2 amide bonds. The van der Waals surface area contributed by atoms with E-state index >= 15 is 0 Å². The number of hydrogen-bond acceptors (Lipinski definition) is 6. The van der Waals surface area contributed by atoms with Crippen LogP contribution in [0.15, 0.2) is 28.6 Å². The SMILES string of the molecule is Cc1nnc(SC(C)C(=O)Nc2ccccc2C(N)=O)s1. The molecule has 0 aliphatic carbocycles. The van der Waals surface area contributed by atoms with Crippen molar-refractivity contribution in [3.63, 3.8) is 0 Å². The van der Waals surface area contributed by atoms with E-state index in [2.05, 4.69) is 15.5 Å². The minimum atomic E-state index is -0.578. The molecule has 21 heavy (non-hydrogen) atoms. The second-order valence-corrected chi connectivity index (χ2v) is 7.02. The zero-order valence-electron chi connectivity index (χ0n) is 11.5. The highest BCUT2D eigenvalue weighted by atomic mass is 32.2. The van der Waals surface area contributed by atoms with Crippen LogP contribution >= 0.6 is 23.1 Å². The number of primary amides is 1. The van der Waals surface area contributed by atoms with Gasteiger partial charge in [0.05, 0.1) is 16.5 Å². The number of nitrogens with two attached hydrogens (primary N) is 1. The van der Waals surface area contributed by atoms with Gasteiger partial charge < -0.3 is 11.1 Å². The fourth-order valence-electron chi connectivity index (χ4n) is 1.57. The topological polar surface area (TPSA) is 98.0 Å². The van der Waals surface area contributed by atoms with Gasteiger partial charge in [0.15, 0.2) is 4.34 Å². The van der Waals surface area contributed by atoms with E-state index in [1.54, 1.807) is 31.2 Å². The van der Waals surface area contributed by atoms with Gasteiger partial charge in [-0.25, -0.2) is 0 Å². The third-order valence-corrected chi connectivity index (χ3v) is 4.63. The molecule has 8 heteroatoms. The van der Waals surface area contributed by atoms with E-state index in [-0.39, 0.29) is 16.7 Å². The molecule has 1 heterocycles. The van der Waals surface area contributed by atoms with Crippen LogP contribution in [-0.2, 0) is 4.79 Å². The Balaban J connectivity index is 2.05. The maximum Gasteiger partial charge on any atom is 0.250 e. The van der Waals surface area contributed by atoms with E-state index in [4.69, 9.17) is 5.73 Å². The summed E-state index contributed by atoms with van der Waals surface area (Å²) >= 11 is 2.76. The molecule has 2 aromatic rings. The van der Waals surface area contributed by atoms with Gasteiger partial charge in [0, 0.05) is 0 Å². The number of benzene rings is 1. The van der Waals surface area contributed by atoms with Gasteiger partial charge in [0.1, 0.15) is 5.01 Å². The van der Waals surface area contributed by atoms with Gasteiger partial charge in [-0.3, -0.25) is 9.59 Å². The van der Waals surface area contributed by atoms with Crippen LogP contribution in [0.3, 0.4) is 0 Å². The summed E-state index contributed by atoms with van der Waals surface area (Å²) < 4.78 is 0.735. The van der Waals surface area contributed by atoms with Crippen LogP contribution < -0.4 is 11.1 Å². The van der Waals surface area contributed by atoms with E-state index in [1.165, 1.54) is 23.1 Å². The van der Waals surface area contributed by atoms with Crippen LogP contribution in [0.4, 0.5) is 5.69 Å². The lowest BCUT2D eigenvalue weighted by Gasteiger charge is -2.12. The number of para-hydroxylation sites is 1. The first-order valence-electron chi connectivity index (χ1n) is 6.14. The Hall–Kier alpha value is -1.93. The van der Waals surface area contributed by atoms with Crippen molar-refractivity contribution >= 4 is 40.6 Å². The molecule has 1 unspecified atom stereocenters. The second kappa shape index (κ2) is 6.68. The van der Waals surface area contributed by atoms with Crippen molar-refractivity contribution in [1.82, 2.24) is 10.2 Å². The van der Waals surface area contributed by atoms with Crippen molar-refractivity contribution in [2.75, 3.05) is 5.32 Å². The first-order chi connectivity index (χ1) is 9.97. The van der Waals surface area contributed by atoms with Crippen molar-refractivity contribution in [2.24, 2.45) is 5.73 Å². The number of thioether (sulfide) groups is 1. The van der Waals surface area contributed by atoms with Crippen molar-refractivity contribution in [3.8, 4) is 0 Å². The number of amides is 2. The number of anilines is 1. The summed E-state index contributed by atoms with van der Waals surface area (Å²) in [4.78, 5) is 23.5. The highest BCUT2D eigenvalue weighted by molar-refractivity contribution is 8.02. The zero-order chi connectivity index (χ0) is 15.4. The number of nitrogens with zero attached hydrogens (tertiary/aromatic N) is 2. The van der Waals surface area contributed by atoms with Gasteiger partial charge in [-0.15, -0.1) is 10.2 Å². The first-order valence-corrected chi connectivity index (χ1v) is 7.83.